The van der Waals surface area contributed by atoms with Crippen molar-refractivity contribution in [3.05, 3.63) is 83.9 Å². The van der Waals surface area contributed by atoms with Crippen molar-refractivity contribution in [3.63, 3.8) is 0 Å². The van der Waals surface area contributed by atoms with Gasteiger partial charge in [0.25, 0.3) is 0 Å². The lowest BCUT2D eigenvalue weighted by atomic mass is 9.84. The van der Waals surface area contributed by atoms with Crippen molar-refractivity contribution < 1.29 is 0 Å². The van der Waals surface area contributed by atoms with Gasteiger partial charge in [-0.15, -0.1) is 0 Å². The summed E-state index contributed by atoms with van der Waals surface area (Å²) in [5.74, 6) is 0. The molecule has 0 saturated heterocycles. The molecule has 0 nitrogen and oxygen atoms in total. The largest absolute Gasteiger partial charge is 0.0984 e. The van der Waals surface area contributed by atoms with Gasteiger partial charge in [-0.1, -0.05) is 73.3 Å². The van der Waals surface area contributed by atoms with Crippen LogP contribution in [0.4, 0.5) is 0 Å². The molecular weight excluding hydrogens is 276 g/mol. The second-order valence-corrected chi connectivity index (χ2v) is 5.88. The van der Waals surface area contributed by atoms with Gasteiger partial charge in [0.05, 0.1) is 0 Å². The lowest BCUT2D eigenvalue weighted by Gasteiger charge is -2.19. The fourth-order valence-electron chi connectivity index (χ4n) is 3.41. The minimum atomic E-state index is 1.23. The number of benzene rings is 3. The molecule has 0 N–H and O–H groups in total. The average molecular weight is 298 g/mol. The molecule has 0 atom stereocenters. The quantitative estimate of drug-likeness (QED) is 0.494. The Labute approximate surface area is 138 Å². The molecular formula is C23H22. The van der Waals surface area contributed by atoms with Gasteiger partial charge < -0.3 is 0 Å². The summed E-state index contributed by atoms with van der Waals surface area (Å²) >= 11 is 0. The maximum absolute atomic E-state index is 4.09. The maximum atomic E-state index is 4.09. The molecule has 114 valence electrons. The van der Waals surface area contributed by atoms with E-state index in [2.05, 4.69) is 88.0 Å². The van der Waals surface area contributed by atoms with Crippen LogP contribution in [0.2, 0.25) is 0 Å². The molecule has 0 aliphatic rings. The van der Waals surface area contributed by atoms with Crippen molar-refractivity contribution in [2.75, 3.05) is 0 Å². The molecule has 0 spiro atoms. The molecule has 0 aliphatic carbocycles. The molecule has 0 saturated carbocycles. The normalized spacial score (nSPS) is 11.7. The highest BCUT2D eigenvalue weighted by Gasteiger charge is 2.16. The van der Waals surface area contributed by atoms with E-state index in [0.29, 0.717) is 0 Å². The van der Waals surface area contributed by atoms with Crippen LogP contribution >= 0.6 is 0 Å². The Balaban J connectivity index is 2.54. The molecule has 0 bridgehead atoms. The van der Waals surface area contributed by atoms with E-state index in [0.717, 1.165) is 0 Å². The van der Waals surface area contributed by atoms with Crippen molar-refractivity contribution >= 4 is 22.4 Å². The molecule has 3 rings (SSSR count). The van der Waals surface area contributed by atoms with Gasteiger partial charge in [-0.3, -0.25) is 0 Å². The first-order valence-electron chi connectivity index (χ1n) is 8.05. The minimum Gasteiger partial charge on any atom is -0.0984 e. The first-order valence-corrected chi connectivity index (χ1v) is 8.05. The van der Waals surface area contributed by atoms with Crippen molar-refractivity contribution in [1.82, 2.24) is 0 Å². The highest BCUT2D eigenvalue weighted by atomic mass is 14.2. The first-order chi connectivity index (χ1) is 11.2. The van der Waals surface area contributed by atoms with Crippen molar-refractivity contribution in [2.45, 2.75) is 20.8 Å². The van der Waals surface area contributed by atoms with Crippen LogP contribution in [0.3, 0.4) is 0 Å². The second kappa shape index (κ2) is 6.26. The average Bonchev–Trinajstić information content (AvgIpc) is 2.60. The number of fused-ring (bicyclic) bond motifs is 1. The summed E-state index contributed by atoms with van der Waals surface area (Å²) in [6.45, 7) is 10.6. The third-order valence-corrected chi connectivity index (χ3v) is 4.61. The minimum absolute atomic E-state index is 1.23. The van der Waals surface area contributed by atoms with Gasteiger partial charge >= 0.3 is 0 Å². The van der Waals surface area contributed by atoms with Crippen molar-refractivity contribution in [3.8, 4) is 11.1 Å². The number of hydrogen-bond acceptors (Lipinski definition) is 0. The van der Waals surface area contributed by atoms with E-state index in [-0.39, 0.29) is 0 Å². The van der Waals surface area contributed by atoms with E-state index >= 15 is 0 Å². The van der Waals surface area contributed by atoms with Gasteiger partial charge in [0.15, 0.2) is 0 Å². The van der Waals surface area contributed by atoms with Crippen molar-refractivity contribution in [2.24, 2.45) is 0 Å². The molecule has 3 aromatic rings. The SMILES string of the molecule is C=Cc1c(C)c(/C(C)=C/C)c2ccccc2c1-c1ccccc1. The monoisotopic (exact) mass is 298 g/mol. The number of rotatable bonds is 3. The third-order valence-electron chi connectivity index (χ3n) is 4.61. The van der Waals surface area contributed by atoms with Crippen LogP contribution in [0.5, 0.6) is 0 Å². The van der Waals surface area contributed by atoms with Crippen LogP contribution in [-0.4, -0.2) is 0 Å². The maximum Gasteiger partial charge on any atom is -0.00300 e. The van der Waals surface area contributed by atoms with E-state index in [1.165, 1.54) is 44.2 Å². The van der Waals surface area contributed by atoms with E-state index in [9.17, 15) is 0 Å². The summed E-state index contributed by atoms with van der Waals surface area (Å²) < 4.78 is 0. The lowest BCUT2D eigenvalue weighted by Crippen LogP contribution is -1.97. The fraction of sp³-hybridized carbons (Fsp3) is 0.130. The summed E-state index contributed by atoms with van der Waals surface area (Å²) in [5.41, 5.74) is 7.69. The topological polar surface area (TPSA) is 0 Å². The zero-order valence-electron chi connectivity index (χ0n) is 14.1. The summed E-state index contributed by atoms with van der Waals surface area (Å²) in [5, 5.41) is 2.60. The Kier molecular flexibility index (Phi) is 4.16. The third kappa shape index (κ3) is 2.51. The summed E-state index contributed by atoms with van der Waals surface area (Å²) in [7, 11) is 0. The molecule has 0 heteroatoms. The highest BCUT2D eigenvalue weighted by Crippen LogP contribution is 2.40. The molecule has 0 radical (unpaired) electrons. The Morgan fingerprint density at radius 1 is 0.913 bits per heavy atom. The van der Waals surface area contributed by atoms with Crippen molar-refractivity contribution in [1.29, 1.82) is 0 Å². The van der Waals surface area contributed by atoms with Crippen LogP contribution in [-0.2, 0) is 0 Å². The molecule has 0 aliphatic heterocycles. The molecule has 0 unspecified atom stereocenters. The predicted molar refractivity (Wildman–Crippen MR) is 104 cm³/mol. The van der Waals surface area contributed by atoms with Crippen LogP contribution in [0.15, 0.2) is 67.3 Å². The Morgan fingerprint density at radius 3 is 2.13 bits per heavy atom. The zero-order chi connectivity index (χ0) is 16.4. The summed E-state index contributed by atoms with van der Waals surface area (Å²) in [4.78, 5) is 0. The van der Waals surface area contributed by atoms with Crippen LogP contribution < -0.4 is 0 Å². The summed E-state index contributed by atoms with van der Waals surface area (Å²) in [6, 6.07) is 19.3. The highest BCUT2D eigenvalue weighted by molar-refractivity contribution is 6.07. The molecule has 0 amide bonds. The second-order valence-electron chi connectivity index (χ2n) is 5.88. The van der Waals surface area contributed by atoms with Crippen LogP contribution in [0, 0.1) is 6.92 Å². The molecule has 3 aromatic carbocycles. The van der Waals surface area contributed by atoms with Gasteiger partial charge in [-0.2, -0.15) is 0 Å². The smallest absolute Gasteiger partial charge is 0.00300 e. The number of hydrogen-bond donors (Lipinski definition) is 0. The van der Waals surface area contributed by atoms with E-state index in [1.54, 1.807) is 0 Å². The zero-order valence-corrected chi connectivity index (χ0v) is 14.1. The Morgan fingerprint density at radius 2 is 1.52 bits per heavy atom. The fourth-order valence-corrected chi connectivity index (χ4v) is 3.41. The lowest BCUT2D eigenvalue weighted by molar-refractivity contribution is 1.41. The van der Waals surface area contributed by atoms with E-state index in [1.807, 2.05) is 6.08 Å². The Bertz CT molecular complexity index is 896. The van der Waals surface area contributed by atoms with Crippen LogP contribution in [0.25, 0.3) is 33.5 Å². The number of allylic oxidation sites excluding steroid dienone is 2. The van der Waals surface area contributed by atoms with Gasteiger partial charge in [-0.05, 0) is 64.9 Å². The van der Waals surface area contributed by atoms with Gasteiger partial charge in [0.1, 0.15) is 0 Å². The van der Waals surface area contributed by atoms with Gasteiger partial charge in [0.2, 0.25) is 0 Å². The molecule has 23 heavy (non-hydrogen) atoms. The van der Waals surface area contributed by atoms with Gasteiger partial charge in [-0.25, -0.2) is 0 Å². The van der Waals surface area contributed by atoms with E-state index < -0.39 is 0 Å². The predicted octanol–water partition coefficient (Wildman–Crippen LogP) is 6.88. The summed E-state index contributed by atoms with van der Waals surface area (Å²) in [6.07, 6.45) is 4.18. The first kappa shape index (κ1) is 15.3. The standard InChI is InChI=1S/C23H22/c1-5-16(3)22-17(4)19(6-2)23(18-12-8-7-9-13-18)21-15-11-10-14-20(21)22/h5-15H,2H2,1,3-4H3/b16-5+. The van der Waals surface area contributed by atoms with E-state index in [4.69, 9.17) is 0 Å². The Hall–Kier alpha value is -2.60. The van der Waals surface area contributed by atoms with Crippen LogP contribution in [0.1, 0.15) is 30.5 Å². The van der Waals surface area contributed by atoms with Gasteiger partial charge in [0, 0.05) is 0 Å². The molecule has 0 heterocycles. The molecule has 0 aromatic heterocycles. The molecule has 0 fully saturated rings.